The van der Waals surface area contributed by atoms with Gasteiger partial charge in [-0.05, 0) is 71.7 Å². The van der Waals surface area contributed by atoms with Gasteiger partial charge in [0.2, 0.25) is 0 Å². The van der Waals surface area contributed by atoms with E-state index in [1.165, 1.54) is 19.4 Å². The van der Waals surface area contributed by atoms with Crippen LogP contribution in [-0.2, 0) is 9.31 Å². The molecule has 0 radical (unpaired) electrons. The van der Waals surface area contributed by atoms with Crippen LogP contribution in [-0.4, -0.2) is 43.4 Å². The monoisotopic (exact) mass is 325 g/mol. The summed E-state index contributed by atoms with van der Waals surface area (Å²) in [4.78, 5) is 2.36. The van der Waals surface area contributed by atoms with Gasteiger partial charge in [0.1, 0.15) is 0 Å². The van der Waals surface area contributed by atoms with Crippen molar-refractivity contribution in [3.63, 3.8) is 0 Å². The third-order valence-electron chi connectivity index (χ3n) is 5.46. The Morgan fingerprint density at radius 3 is 2.54 bits per heavy atom. The molecule has 2 aliphatic rings. The lowest BCUT2D eigenvalue weighted by Gasteiger charge is -2.32. The van der Waals surface area contributed by atoms with Crippen LogP contribution in [0.4, 0.5) is 0 Å². The van der Waals surface area contributed by atoms with Crippen molar-refractivity contribution in [2.24, 2.45) is 5.92 Å². The molecule has 0 bridgehead atoms. The molecule has 128 valence electrons. The highest BCUT2D eigenvalue weighted by molar-refractivity contribution is 6.62. The molecule has 24 heavy (non-hydrogen) atoms. The van der Waals surface area contributed by atoms with E-state index in [1.807, 2.05) is 6.07 Å². The van der Waals surface area contributed by atoms with E-state index in [-0.39, 0.29) is 18.3 Å². The molecule has 3 nitrogen and oxygen atoms in total. The van der Waals surface area contributed by atoms with Crippen molar-refractivity contribution in [2.75, 3.05) is 20.1 Å². The summed E-state index contributed by atoms with van der Waals surface area (Å²) in [5.41, 5.74) is 1.45. The van der Waals surface area contributed by atoms with Gasteiger partial charge < -0.3 is 14.2 Å². The topological polar surface area (TPSA) is 21.7 Å². The molecule has 0 amide bonds. The average Bonchev–Trinajstić information content (AvgIpc) is 2.74. The van der Waals surface area contributed by atoms with Gasteiger partial charge in [-0.2, -0.15) is 0 Å². The Bertz CT molecular complexity index is 643. The second-order valence-electron chi connectivity index (χ2n) is 8.08. The van der Waals surface area contributed by atoms with E-state index < -0.39 is 0 Å². The highest BCUT2D eigenvalue weighted by Crippen LogP contribution is 2.36. The number of hydrogen-bond acceptors (Lipinski definition) is 3. The Labute approximate surface area is 146 Å². The minimum Gasteiger partial charge on any atom is -0.399 e. The van der Waals surface area contributed by atoms with E-state index in [1.54, 1.807) is 0 Å². The Hall–Kier alpha value is -1.28. The Morgan fingerprint density at radius 1 is 1.17 bits per heavy atom. The van der Waals surface area contributed by atoms with Crippen LogP contribution in [0.15, 0.2) is 24.3 Å². The largest absolute Gasteiger partial charge is 0.494 e. The quantitative estimate of drug-likeness (QED) is 0.585. The summed E-state index contributed by atoms with van der Waals surface area (Å²) in [6, 6.07) is 8.26. The normalized spacial score (nSPS) is 26.0. The molecule has 2 saturated heterocycles. The van der Waals surface area contributed by atoms with E-state index in [0.29, 0.717) is 5.92 Å². The van der Waals surface area contributed by atoms with Crippen molar-refractivity contribution in [1.29, 1.82) is 0 Å². The van der Waals surface area contributed by atoms with Gasteiger partial charge in [0.15, 0.2) is 0 Å². The number of rotatable bonds is 1. The first-order valence-corrected chi connectivity index (χ1v) is 8.92. The SMILES string of the molecule is CN1CCCC(C#Cc2cccc(B3OC(C)(C)C(C)(C)O3)c2)C1. The Morgan fingerprint density at radius 2 is 1.88 bits per heavy atom. The maximum absolute atomic E-state index is 6.14. The van der Waals surface area contributed by atoms with Gasteiger partial charge in [0.05, 0.1) is 11.2 Å². The van der Waals surface area contributed by atoms with E-state index in [9.17, 15) is 0 Å². The zero-order valence-corrected chi connectivity index (χ0v) is 15.6. The highest BCUT2D eigenvalue weighted by atomic mass is 16.7. The van der Waals surface area contributed by atoms with Crippen LogP contribution in [0.5, 0.6) is 0 Å². The number of hydrogen-bond donors (Lipinski definition) is 0. The van der Waals surface area contributed by atoms with Crippen LogP contribution < -0.4 is 5.46 Å². The summed E-state index contributed by atoms with van der Waals surface area (Å²) in [6.45, 7) is 10.6. The summed E-state index contributed by atoms with van der Waals surface area (Å²) in [5.74, 6) is 7.27. The summed E-state index contributed by atoms with van der Waals surface area (Å²) < 4.78 is 12.3. The van der Waals surface area contributed by atoms with E-state index in [2.05, 4.69) is 69.7 Å². The van der Waals surface area contributed by atoms with Crippen LogP contribution in [0, 0.1) is 17.8 Å². The predicted octanol–water partition coefficient (Wildman–Crippen LogP) is 2.68. The number of likely N-dealkylation sites (tertiary alicyclic amines) is 1. The van der Waals surface area contributed by atoms with Gasteiger partial charge in [-0.3, -0.25) is 0 Å². The second kappa shape index (κ2) is 6.56. The minimum atomic E-state index is -0.322. The van der Waals surface area contributed by atoms with Crippen molar-refractivity contribution in [2.45, 2.75) is 51.7 Å². The van der Waals surface area contributed by atoms with Crippen LogP contribution in [0.25, 0.3) is 0 Å². The van der Waals surface area contributed by atoms with Crippen molar-refractivity contribution in [3.8, 4) is 11.8 Å². The van der Waals surface area contributed by atoms with Crippen LogP contribution in [0.1, 0.15) is 46.1 Å². The van der Waals surface area contributed by atoms with E-state index in [0.717, 1.165) is 17.6 Å². The molecule has 0 saturated carbocycles. The molecule has 0 aliphatic carbocycles. The maximum atomic E-state index is 6.14. The molecule has 1 atom stereocenters. The summed E-state index contributed by atoms with van der Waals surface area (Å²) >= 11 is 0. The lowest BCUT2D eigenvalue weighted by Crippen LogP contribution is -2.41. The molecule has 4 heteroatoms. The molecule has 0 spiro atoms. The zero-order valence-electron chi connectivity index (χ0n) is 15.6. The lowest BCUT2D eigenvalue weighted by atomic mass is 9.78. The molecule has 2 heterocycles. The fraction of sp³-hybridized carbons (Fsp3) is 0.600. The summed E-state index contributed by atoms with van der Waals surface area (Å²) in [5, 5.41) is 0. The standard InChI is InChI=1S/C20H28BNO2/c1-19(2)20(3,4)24-21(23-19)18-10-6-8-16(14-18)11-12-17-9-7-13-22(5)15-17/h6,8,10,14,17H,7,9,13,15H2,1-5H3. The third-order valence-corrected chi connectivity index (χ3v) is 5.46. The van der Waals surface area contributed by atoms with E-state index in [4.69, 9.17) is 9.31 Å². The first-order valence-electron chi connectivity index (χ1n) is 8.92. The zero-order chi connectivity index (χ0) is 17.4. The number of piperidine rings is 1. The van der Waals surface area contributed by atoms with Gasteiger partial charge in [0.25, 0.3) is 0 Å². The molecule has 0 aromatic heterocycles. The Kier molecular flexibility index (Phi) is 4.79. The van der Waals surface area contributed by atoms with Crippen LogP contribution in [0.2, 0.25) is 0 Å². The highest BCUT2D eigenvalue weighted by Gasteiger charge is 2.51. The van der Waals surface area contributed by atoms with Crippen LogP contribution in [0.3, 0.4) is 0 Å². The van der Waals surface area contributed by atoms with Crippen molar-refractivity contribution in [3.05, 3.63) is 29.8 Å². The van der Waals surface area contributed by atoms with Gasteiger partial charge in [-0.15, -0.1) is 0 Å². The van der Waals surface area contributed by atoms with Gasteiger partial charge in [0, 0.05) is 18.0 Å². The fourth-order valence-corrected chi connectivity index (χ4v) is 3.21. The first-order chi connectivity index (χ1) is 11.3. The lowest BCUT2D eigenvalue weighted by molar-refractivity contribution is 0.00578. The molecule has 3 rings (SSSR count). The molecule has 2 aliphatic heterocycles. The molecular weight excluding hydrogens is 297 g/mol. The van der Waals surface area contributed by atoms with Gasteiger partial charge in [-0.1, -0.05) is 24.0 Å². The molecule has 1 unspecified atom stereocenters. The van der Waals surface area contributed by atoms with Crippen molar-refractivity contribution >= 4 is 12.6 Å². The van der Waals surface area contributed by atoms with Crippen molar-refractivity contribution < 1.29 is 9.31 Å². The number of benzene rings is 1. The summed E-state index contributed by atoms with van der Waals surface area (Å²) in [6.07, 6.45) is 2.44. The first kappa shape index (κ1) is 17.5. The minimum absolute atomic E-state index is 0.313. The van der Waals surface area contributed by atoms with Crippen LogP contribution >= 0.6 is 0 Å². The fourth-order valence-electron chi connectivity index (χ4n) is 3.21. The average molecular weight is 325 g/mol. The van der Waals surface area contributed by atoms with Gasteiger partial charge >= 0.3 is 7.12 Å². The predicted molar refractivity (Wildman–Crippen MR) is 99.3 cm³/mol. The summed E-state index contributed by atoms with van der Waals surface area (Å²) in [7, 11) is 1.85. The molecule has 1 aromatic rings. The molecular formula is C20H28BNO2. The third kappa shape index (κ3) is 3.69. The number of nitrogens with zero attached hydrogens (tertiary/aromatic N) is 1. The van der Waals surface area contributed by atoms with Gasteiger partial charge in [-0.25, -0.2) is 0 Å². The molecule has 0 N–H and O–H groups in total. The maximum Gasteiger partial charge on any atom is 0.494 e. The smallest absolute Gasteiger partial charge is 0.399 e. The Balaban J connectivity index is 1.74. The molecule has 1 aromatic carbocycles. The van der Waals surface area contributed by atoms with Crippen molar-refractivity contribution in [1.82, 2.24) is 4.90 Å². The molecule has 2 fully saturated rings. The van der Waals surface area contributed by atoms with E-state index >= 15 is 0 Å². The second-order valence-corrected chi connectivity index (χ2v) is 8.08.